The molecule has 0 aliphatic heterocycles. The van der Waals surface area contributed by atoms with Crippen LogP contribution in [0.25, 0.3) is 27.4 Å². The number of fused-ring (bicyclic) bond motifs is 1. The third-order valence-corrected chi connectivity index (χ3v) is 5.79. The number of halogens is 1. The van der Waals surface area contributed by atoms with Gasteiger partial charge in [-0.05, 0) is 24.1 Å². The van der Waals surface area contributed by atoms with Crippen molar-refractivity contribution in [2.45, 2.75) is 45.6 Å². The molecule has 0 atom stereocenters. The van der Waals surface area contributed by atoms with Crippen LogP contribution in [0.5, 0.6) is 0 Å². The molecule has 0 unspecified atom stereocenters. The van der Waals surface area contributed by atoms with E-state index in [2.05, 4.69) is 48.4 Å². The molecule has 4 heteroatoms. The summed E-state index contributed by atoms with van der Waals surface area (Å²) in [6, 6.07) is 14.6. The van der Waals surface area contributed by atoms with Crippen LogP contribution in [-0.4, -0.2) is 0 Å². The fourth-order valence-electron chi connectivity index (χ4n) is 3.37. The zero-order valence-electron chi connectivity index (χ0n) is 15.4. The molecule has 0 amide bonds. The second-order valence-corrected chi connectivity index (χ2v) is 7.52. The number of anilines is 1. The summed E-state index contributed by atoms with van der Waals surface area (Å²) in [5, 5.41) is 1.22. The third-order valence-electron chi connectivity index (χ3n) is 4.65. The van der Waals surface area contributed by atoms with Crippen molar-refractivity contribution in [2.24, 2.45) is 0 Å². The second-order valence-electron chi connectivity index (χ2n) is 6.45. The summed E-state index contributed by atoms with van der Waals surface area (Å²) in [5.74, 6) is 0. The van der Waals surface area contributed by atoms with E-state index in [0.29, 0.717) is 0 Å². The van der Waals surface area contributed by atoms with E-state index in [1.165, 1.54) is 52.9 Å². The number of nitrogens with two attached hydrogens (primary N) is 1. The Hall–Kier alpha value is -1.40. The molecular weight excluding hydrogens is 451 g/mol. The fraction of sp³-hybridized carbons (Fsp3) is 0.318. The van der Waals surface area contributed by atoms with Gasteiger partial charge in [0.1, 0.15) is 4.70 Å². The van der Waals surface area contributed by atoms with Gasteiger partial charge in [-0.2, -0.15) is 4.57 Å². The van der Waals surface area contributed by atoms with Crippen LogP contribution in [0, 0.1) is 0 Å². The van der Waals surface area contributed by atoms with Crippen LogP contribution < -0.4 is 34.3 Å². The minimum atomic E-state index is 0. The molecule has 3 aromatic rings. The zero-order chi connectivity index (χ0) is 17.6. The van der Waals surface area contributed by atoms with Crippen molar-refractivity contribution >= 4 is 33.3 Å². The molecule has 0 spiro atoms. The minimum Gasteiger partial charge on any atom is -1.00 e. The molecule has 0 aliphatic carbocycles. The number of unbranched alkanes of at least 4 members (excludes halogenated alkanes) is 4. The molecule has 1 heterocycles. The summed E-state index contributed by atoms with van der Waals surface area (Å²) in [6.07, 6.45) is 8.36. The summed E-state index contributed by atoms with van der Waals surface area (Å²) in [5.41, 5.74) is 10.8. The molecule has 0 fully saturated rings. The van der Waals surface area contributed by atoms with Crippen molar-refractivity contribution in [1.29, 1.82) is 0 Å². The molecule has 0 saturated carbocycles. The van der Waals surface area contributed by atoms with Crippen molar-refractivity contribution < 1.29 is 28.5 Å². The van der Waals surface area contributed by atoms with Crippen molar-refractivity contribution in [1.82, 2.24) is 0 Å². The van der Waals surface area contributed by atoms with E-state index in [-0.39, 0.29) is 24.0 Å². The Morgan fingerprint density at radius 2 is 1.77 bits per heavy atom. The molecule has 138 valence electrons. The predicted molar refractivity (Wildman–Crippen MR) is 111 cm³/mol. The van der Waals surface area contributed by atoms with Gasteiger partial charge in [-0.1, -0.05) is 74.4 Å². The summed E-state index contributed by atoms with van der Waals surface area (Å²) in [7, 11) is 0. The SMILES string of the molecule is C=Cc1sc2ccc(N)c(-c3ccccc3)c2[n+]1CCCCCCC.[I-]. The maximum absolute atomic E-state index is 6.40. The molecule has 2 nitrogen and oxygen atoms in total. The number of rotatable bonds is 8. The topological polar surface area (TPSA) is 29.9 Å². The number of thiazole rings is 1. The molecule has 1 aromatic heterocycles. The number of hydrogen-bond acceptors (Lipinski definition) is 2. The smallest absolute Gasteiger partial charge is 0.262 e. The van der Waals surface area contributed by atoms with Crippen LogP contribution >= 0.6 is 11.3 Å². The Labute approximate surface area is 177 Å². The molecule has 26 heavy (non-hydrogen) atoms. The molecular formula is C22H27IN2S. The summed E-state index contributed by atoms with van der Waals surface area (Å²) >= 11 is 1.80. The monoisotopic (exact) mass is 478 g/mol. The maximum Gasteiger partial charge on any atom is 0.262 e. The van der Waals surface area contributed by atoms with Crippen LogP contribution in [0.1, 0.15) is 44.0 Å². The van der Waals surface area contributed by atoms with Gasteiger partial charge in [0.2, 0.25) is 5.52 Å². The van der Waals surface area contributed by atoms with E-state index < -0.39 is 0 Å². The number of hydrogen-bond donors (Lipinski definition) is 1. The van der Waals surface area contributed by atoms with E-state index in [9.17, 15) is 0 Å². The number of benzene rings is 2. The first-order chi connectivity index (χ1) is 12.3. The maximum atomic E-state index is 6.40. The molecule has 0 saturated heterocycles. The first-order valence-corrected chi connectivity index (χ1v) is 10.0. The highest BCUT2D eigenvalue weighted by Gasteiger charge is 2.23. The standard InChI is InChI=1S/C22H27N2S.HI/c1-3-5-6-7-11-16-24-20(4-2)25-19-15-14-18(23)21(22(19)24)17-12-9-8-10-13-17;/h4,8-10,12-15H,2-3,5-7,11,16,23H2,1H3;1H/q+1;/p-1. The predicted octanol–water partition coefficient (Wildman–Crippen LogP) is 3.06. The second kappa shape index (κ2) is 10.1. The lowest BCUT2D eigenvalue weighted by molar-refractivity contribution is -0.668. The van der Waals surface area contributed by atoms with Gasteiger partial charge in [-0.15, -0.1) is 0 Å². The van der Waals surface area contributed by atoms with Crippen LogP contribution in [0.2, 0.25) is 0 Å². The largest absolute Gasteiger partial charge is 1.00 e. The van der Waals surface area contributed by atoms with Crippen molar-refractivity contribution in [3.63, 3.8) is 0 Å². The Morgan fingerprint density at radius 1 is 1.04 bits per heavy atom. The van der Waals surface area contributed by atoms with Crippen LogP contribution in [-0.2, 0) is 6.54 Å². The van der Waals surface area contributed by atoms with Gasteiger partial charge in [0.25, 0.3) is 5.01 Å². The highest BCUT2D eigenvalue weighted by Crippen LogP contribution is 2.35. The third kappa shape index (κ3) is 4.46. The van der Waals surface area contributed by atoms with Crippen LogP contribution in [0.4, 0.5) is 5.69 Å². The number of aryl methyl sites for hydroxylation is 1. The summed E-state index contributed by atoms with van der Waals surface area (Å²) in [6.45, 7) is 7.31. The Bertz CT molecular complexity index is 855. The number of nitrogens with zero attached hydrogens (tertiary/aromatic N) is 1. The molecule has 0 aliphatic rings. The average molecular weight is 478 g/mol. The van der Waals surface area contributed by atoms with Gasteiger partial charge in [0.05, 0.1) is 5.56 Å². The first kappa shape index (κ1) is 20.9. The van der Waals surface area contributed by atoms with Gasteiger partial charge in [0.15, 0.2) is 6.54 Å². The van der Waals surface area contributed by atoms with E-state index in [1.807, 2.05) is 18.2 Å². The van der Waals surface area contributed by atoms with Gasteiger partial charge in [0, 0.05) is 18.2 Å². The van der Waals surface area contributed by atoms with Crippen molar-refractivity contribution in [3.8, 4) is 11.1 Å². The Kier molecular flexibility index (Phi) is 8.10. The average Bonchev–Trinajstić information content (AvgIpc) is 3.00. The van der Waals surface area contributed by atoms with Gasteiger partial charge in [-0.25, -0.2) is 0 Å². The molecule has 0 bridgehead atoms. The van der Waals surface area contributed by atoms with Crippen molar-refractivity contribution in [2.75, 3.05) is 5.73 Å². The van der Waals surface area contributed by atoms with Gasteiger partial charge >= 0.3 is 0 Å². The van der Waals surface area contributed by atoms with Gasteiger partial charge < -0.3 is 29.7 Å². The summed E-state index contributed by atoms with van der Waals surface area (Å²) in [4.78, 5) is 0. The number of nitrogen functional groups attached to an aromatic ring is 1. The molecule has 2 N–H and O–H groups in total. The lowest BCUT2D eigenvalue weighted by Gasteiger charge is -2.07. The highest BCUT2D eigenvalue weighted by atomic mass is 127. The normalized spacial score (nSPS) is 10.7. The van der Waals surface area contributed by atoms with Gasteiger partial charge in [-0.3, -0.25) is 0 Å². The molecule has 0 radical (unpaired) electrons. The zero-order valence-corrected chi connectivity index (χ0v) is 18.4. The quantitative estimate of drug-likeness (QED) is 0.230. The van der Waals surface area contributed by atoms with Crippen molar-refractivity contribution in [3.05, 3.63) is 54.1 Å². The fourth-order valence-corrected chi connectivity index (χ4v) is 4.42. The summed E-state index contributed by atoms with van der Waals surface area (Å²) < 4.78 is 3.69. The lowest BCUT2D eigenvalue weighted by atomic mass is 10.0. The van der Waals surface area contributed by atoms with E-state index in [1.54, 1.807) is 11.3 Å². The van der Waals surface area contributed by atoms with E-state index in [4.69, 9.17) is 5.73 Å². The van der Waals surface area contributed by atoms with E-state index in [0.717, 1.165) is 17.8 Å². The van der Waals surface area contributed by atoms with E-state index >= 15 is 0 Å². The highest BCUT2D eigenvalue weighted by molar-refractivity contribution is 7.19. The number of aromatic nitrogens is 1. The molecule has 3 rings (SSSR count). The Balaban J connectivity index is 0.00000243. The minimum absolute atomic E-state index is 0. The Morgan fingerprint density at radius 3 is 2.46 bits per heavy atom. The first-order valence-electron chi connectivity index (χ1n) is 9.19. The van der Waals surface area contributed by atoms with Crippen LogP contribution in [0.15, 0.2) is 49.0 Å². The molecule has 2 aromatic carbocycles. The lowest BCUT2D eigenvalue weighted by Crippen LogP contribution is -3.00. The van der Waals surface area contributed by atoms with Crippen LogP contribution in [0.3, 0.4) is 0 Å².